The number of aryl methyl sites for hydroxylation is 1. The molecule has 0 bridgehead atoms. The molecule has 0 radical (unpaired) electrons. The molecular weight excluding hydrogens is 337 g/mol. The summed E-state index contributed by atoms with van der Waals surface area (Å²) < 4.78 is 18.8. The summed E-state index contributed by atoms with van der Waals surface area (Å²) in [6.45, 7) is 3.92. The van der Waals surface area contributed by atoms with Gasteiger partial charge in [0.05, 0.1) is 23.2 Å². The number of fused-ring (bicyclic) bond motifs is 1. The van der Waals surface area contributed by atoms with Crippen LogP contribution in [0.1, 0.15) is 41.6 Å². The van der Waals surface area contributed by atoms with Gasteiger partial charge in [0, 0.05) is 5.54 Å². The molecule has 0 aromatic carbocycles. The van der Waals surface area contributed by atoms with Gasteiger partial charge in [-0.1, -0.05) is 6.07 Å². The van der Waals surface area contributed by atoms with Gasteiger partial charge in [-0.25, -0.2) is 15.0 Å². The van der Waals surface area contributed by atoms with E-state index in [9.17, 15) is 9.18 Å². The van der Waals surface area contributed by atoms with Crippen LogP contribution in [0, 0.1) is 12.9 Å². The third-order valence-corrected chi connectivity index (χ3v) is 4.51. The van der Waals surface area contributed by atoms with Crippen LogP contribution in [0.15, 0.2) is 28.9 Å². The number of carbonyl (C=O) groups is 1. The summed E-state index contributed by atoms with van der Waals surface area (Å²) in [5, 5.41) is 6.69. The van der Waals surface area contributed by atoms with Crippen LogP contribution in [0.5, 0.6) is 0 Å². The summed E-state index contributed by atoms with van der Waals surface area (Å²) in [4.78, 5) is 24.9. The van der Waals surface area contributed by atoms with E-state index in [-0.39, 0.29) is 18.0 Å². The van der Waals surface area contributed by atoms with Crippen molar-refractivity contribution in [1.29, 1.82) is 0 Å². The van der Waals surface area contributed by atoms with Gasteiger partial charge >= 0.3 is 0 Å². The molecule has 1 aliphatic carbocycles. The van der Waals surface area contributed by atoms with E-state index in [2.05, 4.69) is 32.5 Å². The molecule has 2 N–H and O–H groups in total. The number of pyridine rings is 1. The first kappa shape index (κ1) is 16.4. The highest BCUT2D eigenvalue weighted by atomic mass is 19.1. The van der Waals surface area contributed by atoms with Gasteiger partial charge in [-0.2, -0.15) is 4.39 Å². The zero-order valence-electron chi connectivity index (χ0n) is 14.5. The fraction of sp³-hybridized carbons (Fsp3) is 0.333. The fourth-order valence-corrected chi connectivity index (χ4v) is 2.82. The lowest BCUT2D eigenvalue weighted by Gasteiger charge is -2.13. The van der Waals surface area contributed by atoms with Crippen molar-refractivity contribution in [3.05, 3.63) is 47.5 Å². The van der Waals surface area contributed by atoms with Gasteiger partial charge in [0.2, 0.25) is 11.7 Å². The maximum Gasteiger partial charge on any atom is 0.255 e. The number of hydrogen-bond donors (Lipinski definition) is 2. The molecule has 1 amide bonds. The van der Waals surface area contributed by atoms with E-state index in [1.165, 1.54) is 12.4 Å². The minimum absolute atomic E-state index is 0.00824. The van der Waals surface area contributed by atoms with Crippen molar-refractivity contribution >= 4 is 22.8 Å². The monoisotopic (exact) mass is 355 g/mol. The molecule has 26 heavy (non-hydrogen) atoms. The number of aromatic nitrogens is 3. The second-order valence-corrected chi connectivity index (χ2v) is 6.76. The van der Waals surface area contributed by atoms with Gasteiger partial charge < -0.3 is 15.1 Å². The number of hydrogen-bond acceptors (Lipinski definition) is 6. The maximum absolute atomic E-state index is 13.2. The van der Waals surface area contributed by atoms with Crippen LogP contribution in [0.25, 0.3) is 11.1 Å². The van der Waals surface area contributed by atoms with Gasteiger partial charge in [0.15, 0.2) is 0 Å². The minimum Gasteiger partial charge on any atom is -0.442 e. The van der Waals surface area contributed by atoms with Gasteiger partial charge in [-0.15, -0.1) is 0 Å². The summed E-state index contributed by atoms with van der Waals surface area (Å²) in [5.74, 6) is 0.112. The molecule has 0 saturated heterocycles. The van der Waals surface area contributed by atoms with Gasteiger partial charge in [-0.05, 0) is 38.8 Å². The molecule has 0 aliphatic heterocycles. The summed E-state index contributed by atoms with van der Waals surface area (Å²) in [5.41, 5.74) is 1.16. The lowest BCUT2D eigenvalue weighted by Crippen LogP contribution is -2.24. The smallest absolute Gasteiger partial charge is 0.255 e. The first-order valence-corrected chi connectivity index (χ1v) is 8.37. The third-order valence-electron chi connectivity index (χ3n) is 4.51. The van der Waals surface area contributed by atoms with E-state index in [0.29, 0.717) is 33.9 Å². The maximum atomic E-state index is 13.2. The normalized spacial score (nSPS) is 15.0. The van der Waals surface area contributed by atoms with E-state index in [1.807, 2.05) is 0 Å². The predicted molar refractivity (Wildman–Crippen MR) is 93.2 cm³/mol. The van der Waals surface area contributed by atoms with Crippen molar-refractivity contribution in [1.82, 2.24) is 20.3 Å². The molecule has 134 valence electrons. The zero-order chi connectivity index (χ0) is 18.3. The molecule has 3 aromatic heterocycles. The van der Waals surface area contributed by atoms with E-state index in [1.54, 1.807) is 19.1 Å². The summed E-state index contributed by atoms with van der Waals surface area (Å²) in [6, 6.07) is 4.45. The molecule has 0 unspecified atom stereocenters. The number of amides is 1. The summed E-state index contributed by atoms with van der Waals surface area (Å²) >= 11 is 0. The Morgan fingerprint density at radius 3 is 2.88 bits per heavy atom. The fourth-order valence-electron chi connectivity index (χ4n) is 2.82. The van der Waals surface area contributed by atoms with Crippen LogP contribution in [0.2, 0.25) is 0 Å². The quantitative estimate of drug-likeness (QED) is 0.684. The van der Waals surface area contributed by atoms with Crippen LogP contribution in [-0.2, 0) is 6.54 Å². The van der Waals surface area contributed by atoms with Gasteiger partial charge in [0.1, 0.15) is 17.9 Å². The second-order valence-electron chi connectivity index (χ2n) is 6.76. The van der Waals surface area contributed by atoms with Crippen molar-refractivity contribution < 1.29 is 13.6 Å². The van der Waals surface area contributed by atoms with Crippen LogP contribution < -0.4 is 10.6 Å². The lowest BCUT2D eigenvalue weighted by molar-refractivity contribution is 0.0950. The Balaban J connectivity index is 1.64. The average Bonchev–Trinajstić information content (AvgIpc) is 3.21. The Bertz CT molecular complexity index is 996. The van der Waals surface area contributed by atoms with Gasteiger partial charge in [0.25, 0.3) is 5.91 Å². The number of halogens is 1. The number of anilines is 1. The topological polar surface area (TPSA) is 92.9 Å². The first-order valence-electron chi connectivity index (χ1n) is 8.37. The highest BCUT2D eigenvalue weighted by molar-refractivity contribution is 6.10. The Morgan fingerprint density at radius 1 is 1.35 bits per heavy atom. The molecular formula is C18H18FN5O2. The van der Waals surface area contributed by atoms with Crippen LogP contribution in [0.4, 0.5) is 10.2 Å². The van der Waals surface area contributed by atoms with Gasteiger partial charge in [-0.3, -0.25) is 4.79 Å². The summed E-state index contributed by atoms with van der Waals surface area (Å²) in [6.07, 6.45) is 3.50. The Hall–Kier alpha value is -3.03. The van der Waals surface area contributed by atoms with Crippen molar-refractivity contribution in [3.8, 4) is 0 Å². The minimum atomic E-state index is -0.584. The number of furan rings is 1. The first-order chi connectivity index (χ1) is 12.5. The predicted octanol–water partition coefficient (Wildman–Crippen LogP) is 2.96. The zero-order valence-corrected chi connectivity index (χ0v) is 14.5. The Kier molecular flexibility index (Phi) is 3.82. The molecule has 4 rings (SSSR count). The second kappa shape index (κ2) is 6.05. The molecule has 7 nitrogen and oxygen atoms in total. The largest absolute Gasteiger partial charge is 0.442 e. The number of carbonyl (C=O) groups excluding carboxylic acids is 1. The molecule has 1 fully saturated rings. The number of rotatable bonds is 5. The Morgan fingerprint density at radius 2 is 2.15 bits per heavy atom. The summed E-state index contributed by atoms with van der Waals surface area (Å²) in [7, 11) is 0. The molecule has 0 spiro atoms. The van der Waals surface area contributed by atoms with Crippen molar-refractivity contribution in [2.75, 3.05) is 5.32 Å². The van der Waals surface area contributed by atoms with Crippen LogP contribution in [-0.4, -0.2) is 26.4 Å². The number of nitrogens with zero attached hydrogens (tertiary/aromatic N) is 3. The highest BCUT2D eigenvalue weighted by Crippen LogP contribution is 2.40. The highest BCUT2D eigenvalue weighted by Gasteiger charge is 2.38. The Labute approximate surface area is 149 Å². The van der Waals surface area contributed by atoms with E-state index >= 15 is 0 Å². The van der Waals surface area contributed by atoms with Crippen LogP contribution in [0.3, 0.4) is 0 Å². The molecule has 1 saturated carbocycles. The number of nitrogens with one attached hydrogen (secondary N) is 2. The molecule has 0 atom stereocenters. The SMILES string of the molecule is Cc1oc2ncnc(NC3(C)CC3)c2c1C(=O)NCc1cccc(F)n1. The van der Waals surface area contributed by atoms with E-state index in [0.717, 1.165) is 12.8 Å². The van der Waals surface area contributed by atoms with Crippen LogP contribution >= 0.6 is 0 Å². The lowest BCUT2D eigenvalue weighted by atomic mass is 10.1. The molecule has 3 heterocycles. The molecule has 8 heteroatoms. The standard InChI is InChI=1S/C18H18FN5O2/c1-10-13(16(25)20-8-11-4-3-5-12(19)23-11)14-15(24-18(2)6-7-18)21-9-22-17(14)26-10/h3-5,9H,6-8H2,1-2H3,(H,20,25)(H,21,22,24). The molecule has 3 aromatic rings. The van der Waals surface area contributed by atoms with E-state index < -0.39 is 5.95 Å². The molecule has 1 aliphatic rings. The third kappa shape index (κ3) is 3.10. The van der Waals surface area contributed by atoms with Crippen molar-refractivity contribution in [2.45, 2.75) is 38.8 Å². The van der Waals surface area contributed by atoms with Crippen molar-refractivity contribution in [3.63, 3.8) is 0 Å². The average molecular weight is 355 g/mol. The van der Waals surface area contributed by atoms with Crippen molar-refractivity contribution in [2.24, 2.45) is 0 Å². The van der Waals surface area contributed by atoms with E-state index in [4.69, 9.17) is 4.42 Å².